The normalized spacial score (nSPS) is 9.73. The monoisotopic (exact) mass is 314 g/mol. The van der Waals surface area contributed by atoms with E-state index >= 15 is 0 Å². The van der Waals surface area contributed by atoms with Gasteiger partial charge in [0.1, 0.15) is 12.4 Å². The number of esters is 1. The number of benzene rings is 1. The van der Waals surface area contributed by atoms with Gasteiger partial charge in [0.25, 0.3) is 0 Å². The van der Waals surface area contributed by atoms with Crippen molar-refractivity contribution in [2.24, 2.45) is 0 Å². The number of hydrogen-bond donors (Lipinski definition) is 0. The Bertz CT molecular complexity index is 667. The molecule has 0 bridgehead atoms. The number of allylic oxidation sites excluding steroid dienone is 3. The van der Waals surface area contributed by atoms with Gasteiger partial charge in [-0.3, -0.25) is 0 Å². The van der Waals surface area contributed by atoms with E-state index in [-0.39, 0.29) is 13.2 Å². The summed E-state index contributed by atoms with van der Waals surface area (Å²) in [7, 11) is 0. The van der Waals surface area contributed by atoms with Crippen LogP contribution in [0.4, 0.5) is 0 Å². The fraction of sp³-hybridized carbons (Fsp3) is 0.167. The molecule has 0 aliphatic heterocycles. The molecule has 0 atom stereocenters. The molecule has 4 heteroatoms. The Labute approximate surface area is 135 Å². The van der Waals surface area contributed by atoms with Crippen molar-refractivity contribution in [1.82, 2.24) is 0 Å². The zero-order chi connectivity index (χ0) is 16.0. The molecule has 0 heterocycles. The van der Waals surface area contributed by atoms with E-state index in [9.17, 15) is 4.79 Å². The molecule has 0 aliphatic carbocycles. The minimum atomic E-state index is -0.442. The molecule has 0 unspecified atom stereocenters. The molecular formula is C18H15ClO3. The highest BCUT2D eigenvalue weighted by Gasteiger charge is 1.96. The van der Waals surface area contributed by atoms with Gasteiger partial charge in [-0.2, -0.15) is 0 Å². The maximum Gasteiger partial charge on any atom is 0.331 e. The lowest BCUT2D eigenvalue weighted by atomic mass is 10.3. The lowest BCUT2D eigenvalue weighted by molar-refractivity contribution is -0.136. The molecule has 0 saturated heterocycles. The molecule has 0 fully saturated rings. The second-order valence-corrected chi connectivity index (χ2v) is 4.22. The summed E-state index contributed by atoms with van der Waals surface area (Å²) in [6.45, 7) is 2.04. The van der Waals surface area contributed by atoms with Gasteiger partial charge in [0.15, 0.2) is 6.61 Å². The number of ether oxygens (including phenoxy) is 2. The molecule has 1 rings (SSSR count). The van der Waals surface area contributed by atoms with Crippen LogP contribution in [0.25, 0.3) is 0 Å². The van der Waals surface area contributed by atoms with Crippen LogP contribution < -0.4 is 4.74 Å². The van der Waals surface area contributed by atoms with E-state index in [0.717, 1.165) is 0 Å². The fourth-order valence-corrected chi connectivity index (χ4v) is 1.43. The van der Waals surface area contributed by atoms with Crippen LogP contribution in [-0.4, -0.2) is 19.2 Å². The molecule has 1 aromatic rings. The first kappa shape index (κ1) is 17.4. The van der Waals surface area contributed by atoms with Crippen LogP contribution in [0.5, 0.6) is 5.75 Å². The van der Waals surface area contributed by atoms with Crippen LogP contribution in [-0.2, 0) is 9.53 Å². The van der Waals surface area contributed by atoms with Crippen molar-refractivity contribution in [3.63, 3.8) is 0 Å². The largest absolute Gasteiger partial charge is 0.479 e. The summed E-state index contributed by atoms with van der Waals surface area (Å²) in [5.41, 5.74) is 0. The average molecular weight is 315 g/mol. The van der Waals surface area contributed by atoms with Crippen molar-refractivity contribution in [1.29, 1.82) is 0 Å². The van der Waals surface area contributed by atoms with Crippen LogP contribution in [0.1, 0.15) is 6.92 Å². The average Bonchev–Trinajstić information content (AvgIpc) is 2.52. The summed E-state index contributed by atoms with van der Waals surface area (Å²) < 4.78 is 10.2. The number of carbonyl (C=O) groups is 1. The second kappa shape index (κ2) is 11.1. The van der Waals surface area contributed by atoms with Crippen LogP contribution >= 0.6 is 11.6 Å². The molecule has 0 amide bonds. The highest BCUT2D eigenvalue weighted by molar-refractivity contribution is 6.32. The Balaban J connectivity index is 2.25. The molecule has 3 nitrogen and oxygen atoms in total. The zero-order valence-corrected chi connectivity index (χ0v) is 12.9. The fourth-order valence-electron chi connectivity index (χ4n) is 1.24. The third-order valence-electron chi connectivity index (χ3n) is 2.20. The van der Waals surface area contributed by atoms with E-state index in [4.69, 9.17) is 21.1 Å². The second-order valence-electron chi connectivity index (χ2n) is 3.82. The van der Waals surface area contributed by atoms with Crippen molar-refractivity contribution in [3.8, 4) is 29.4 Å². The Morgan fingerprint density at radius 1 is 1.18 bits per heavy atom. The van der Waals surface area contributed by atoms with Crippen molar-refractivity contribution >= 4 is 17.6 Å². The van der Waals surface area contributed by atoms with Crippen LogP contribution in [0.3, 0.4) is 0 Å². The Hall–Kier alpha value is -2.62. The van der Waals surface area contributed by atoms with Crippen LogP contribution in [0, 0.1) is 23.7 Å². The standard InChI is InChI=1S/C18H15ClO3/c1-2-3-6-13-18(20)22-15-10-5-4-9-14-21-17-12-8-7-11-16(17)19/h2-3,6-8,11-13H,14-15H2,1H3. The van der Waals surface area contributed by atoms with Gasteiger partial charge in [-0.1, -0.05) is 42.0 Å². The van der Waals surface area contributed by atoms with Gasteiger partial charge in [0, 0.05) is 6.08 Å². The van der Waals surface area contributed by atoms with Gasteiger partial charge in [-0.05, 0) is 42.7 Å². The molecule has 0 N–H and O–H groups in total. The van der Waals surface area contributed by atoms with Crippen molar-refractivity contribution in [2.75, 3.05) is 13.2 Å². The number of para-hydroxylation sites is 1. The van der Waals surface area contributed by atoms with E-state index in [1.807, 2.05) is 25.1 Å². The van der Waals surface area contributed by atoms with Gasteiger partial charge in [-0.15, -0.1) is 0 Å². The molecule has 0 radical (unpaired) electrons. The van der Waals surface area contributed by atoms with Gasteiger partial charge < -0.3 is 9.47 Å². The Morgan fingerprint density at radius 2 is 1.91 bits per heavy atom. The van der Waals surface area contributed by atoms with E-state index in [1.54, 1.807) is 24.3 Å². The number of hydrogen-bond acceptors (Lipinski definition) is 3. The first-order chi connectivity index (χ1) is 10.7. The third kappa shape index (κ3) is 7.85. The van der Waals surface area contributed by atoms with E-state index in [1.165, 1.54) is 6.08 Å². The minimum absolute atomic E-state index is 0.000929. The van der Waals surface area contributed by atoms with E-state index in [2.05, 4.69) is 23.7 Å². The highest BCUT2D eigenvalue weighted by Crippen LogP contribution is 2.22. The maximum absolute atomic E-state index is 11.2. The summed E-state index contributed by atoms with van der Waals surface area (Å²) in [5, 5.41) is 0.535. The number of halogens is 1. The quantitative estimate of drug-likeness (QED) is 0.362. The predicted octanol–water partition coefficient (Wildman–Crippen LogP) is 3.40. The Kier molecular flexibility index (Phi) is 8.78. The van der Waals surface area contributed by atoms with Gasteiger partial charge >= 0.3 is 5.97 Å². The van der Waals surface area contributed by atoms with Crippen molar-refractivity contribution in [2.45, 2.75) is 6.92 Å². The minimum Gasteiger partial charge on any atom is -0.479 e. The predicted molar refractivity (Wildman–Crippen MR) is 87.4 cm³/mol. The van der Waals surface area contributed by atoms with Crippen molar-refractivity contribution < 1.29 is 14.3 Å². The van der Waals surface area contributed by atoms with Gasteiger partial charge in [0.05, 0.1) is 5.02 Å². The molecular weight excluding hydrogens is 300 g/mol. The summed E-state index contributed by atoms with van der Waals surface area (Å²) in [6.07, 6.45) is 6.47. The highest BCUT2D eigenvalue weighted by atomic mass is 35.5. The molecule has 0 aliphatic rings. The molecule has 1 aromatic carbocycles. The molecule has 112 valence electrons. The number of carbonyl (C=O) groups excluding carboxylic acids is 1. The molecule has 22 heavy (non-hydrogen) atoms. The van der Waals surface area contributed by atoms with E-state index < -0.39 is 5.97 Å². The first-order valence-corrected chi connectivity index (χ1v) is 6.91. The van der Waals surface area contributed by atoms with Gasteiger partial charge in [0.2, 0.25) is 0 Å². The van der Waals surface area contributed by atoms with Crippen molar-refractivity contribution in [3.05, 3.63) is 53.6 Å². The maximum atomic E-state index is 11.2. The summed E-state index contributed by atoms with van der Waals surface area (Å²) in [5.74, 6) is 10.6. The lowest BCUT2D eigenvalue weighted by Crippen LogP contribution is -1.99. The molecule has 0 spiro atoms. The third-order valence-corrected chi connectivity index (χ3v) is 2.51. The Morgan fingerprint density at radius 3 is 2.64 bits per heavy atom. The topological polar surface area (TPSA) is 35.5 Å². The van der Waals surface area contributed by atoms with Gasteiger partial charge in [-0.25, -0.2) is 4.79 Å². The zero-order valence-electron chi connectivity index (χ0n) is 12.1. The SMILES string of the molecule is CC=CC=CC(=O)OCC#CC#CCOc1ccccc1Cl. The summed E-state index contributed by atoms with van der Waals surface area (Å²) in [6, 6.07) is 7.15. The summed E-state index contributed by atoms with van der Waals surface area (Å²) in [4.78, 5) is 11.2. The first-order valence-electron chi connectivity index (χ1n) is 6.53. The lowest BCUT2D eigenvalue weighted by Gasteiger charge is -2.02. The summed E-state index contributed by atoms with van der Waals surface area (Å²) >= 11 is 5.92. The number of rotatable bonds is 5. The van der Waals surface area contributed by atoms with Crippen LogP contribution in [0.2, 0.25) is 5.02 Å². The van der Waals surface area contributed by atoms with Crippen LogP contribution in [0.15, 0.2) is 48.6 Å². The van der Waals surface area contributed by atoms with E-state index in [0.29, 0.717) is 10.8 Å². The smallest absolute Gasteiger partial charge is 0.331 e. The molecule has 0 saturated carbocycles. The molecule has 0 aromatic heterocycles.